The van der Waals surface area contributed by atoms with E-state index in [-0.39, 0.29) is 0 Å². The molecule has 10 heteroatoms. The van der Waals surface area contributed by atoms with Crippen LogP contribution in [0.5, 0.6) is 0 Å². The number of ketones is 1. The molecule has 22 heavy (non-hydrogen) atoms. The first-order valence-corrected chi connectivity index (χ1v) is 5.92. The molecule has 0 aromatic heterocycles. The molecule has 2 nitrogen and oxygen atoms in total. The summed E-state index contributed by atoms with van der Waals surface area (Å²) in [5, 5.41) is 0.225. The fourth-order valence-corrected chi connectivity index (χ4v) is 2.02. The number of nitrogens with one attached hydrogen (secondary N) is 1. The van der Waals surface area contributed by atoms with Crippen LogP contribution in [0, 0.1) is 0 Å². The molecule has 1 aliphatic carbocycles. The van der Waals surface area contributed by atoms with Gasteiger partial charge in [0.25, 0.3) is 5.78 Å². The minimum Gasteiger partial charge on any atom is -0.352 e. The van der Waals surface area contributed by atoms with E-state index in [1.54, 1.807) is 5.32 Å². The van der Waals surface area contributed by atoms with Gasteiger partial charge in [0.05, 0.1) is 5.56 Å². The Bertz CT molecular complexity index is 666. The largest absolute Gasteiger partial charge is 0.416 e. The van der Waals surface area contributed by atoms with Gasteiger partial charge in [0.1, 0.15) is 10.7 Å². The molecule has 0 heterocycles. The average Bonchev–Trinajstić information content (AvgIpc) is 2.51. The molecule has 1 N–H and O–H groups in total. The van der Waals surface area contributed by atoms with E-state index in [1.807, 2.05) is 0 Å². The van der Waals surface area contributed by atoms with Crippen LogP contribution in [-0.2, 0) is 11.0 Å². The Hall–Kier alpha value is -1.77. The minimum absolute atomic E-state index is 0.425. The van der Waals surface area contributed by atoms with E-state index >= 15 is 0 Å². The summed E-state index contributed by atoms with van der Waals surface area (Å²) in [5.41, 5.74) is -3.38. The molecule has 120 valence electrons. The predicted molar refractivity (Wildman–Crippen MR) is 62.8 cm³/mol. The van der Waals surface area contributed by atoms with Crippen molar-refractivity contribution in [2.75, 3.05) is 5.32 Å². The lowest BCUT2D eigenvalue weighted by molar-refractivity contribution is -0.181. The second-order valence-corrected chi connectivity index (χ2v) is 4.75. The van der Waals surface area contributed by atoms with E-state index in [2.05, 4.69) is 0 Å². The molecule has 0 aliphatic heterocycles. The van der Waals surface area contributed by atoms with Crippen molar-refractivity contribution >= 4 is 23.1 Å². The Kier molecular flexibility index (Phi) is 3.67. The van der Waals surface area contributed by atoms with Gasteiger partial charge in [-0.1, -0.05) is 17.7 Å². The van der Waals surface area contributed by atoms with E-state index in [0.717, 1.165) is 12.1 Å². The third-order valence-corrected chi connectivity index (χ3v) is 3.23. The van der Waals surface area contributed by atoms with Gasteiger partial charge in [-0.15, -0.1) is 0 Å². The average molecular weight is 348 g/mol. The highest BCUT2D eigenvalue weighted by atomic mass is 35.5. The Balaban J connectivity index is 2.41. The molecule has 0 unspecified atom stereocenters. The van der Waals surface area contributed by atoms with Crippen LogP contribution in [0.25, 0.3) is 0 Å². The summed E-state index contributed by atoms with van der Waals surface area (Å²) in [5.74, 6) is -12.3. The molecule has 1 aromatic rings. The molecule has 0 saturated carbocycles. The van der Waals surface area contributed by atoms with E-state index < -0.39 is 45.8 Å². The van der Waals surface area contributed by atoms with Gasteiger partial charge in [0, 0.05) is 5.69 Å². The minimum atomic E-state index is -5.06. The second kappa shape index (κ2) is 4.87. The third kappa shape index (κ3) is 2.43. The fraction of sp³-hybridized carbons (Fsp3) is 0.250. The number of alkyl halides is 7. The van der Waals surface area contributed by atoms with Gasteiger partial charge in [0.2, 0.25) is 0 Å². The van der Waals surface area contributed by atoms with Crippen LogP contribution >= 0.6 is 11.6 Å². The smallest absolute Gasteiger partial charge is 0.352 e. The molecule has 1 aliphatic rings. The molecule has 0 radical (unpaired) electrons. The lowest BCUT2D eigenvalue weighted by Gasteiger charge is -2.21. The van der Waals surface area contributed by atoms with Crippen molar-refractivity contribution in [1.29, 1.82) is 0 Å². The summed E-state index contributed by atoms with van der Waals surface area (Å²) >= 11 is 5.16. The highest BCUT2D eigenvalue weighted by Crippen LogP contribution is 2.50. The van der Waals surface area contributed by atoms with Gasteiger partial charge >= 0.3 is 18.0 Å². The number of benzene rings is 1. The predicted octanol–water partition coefficient (Wildman–Crippen LogP) is 4.42. The van der Waals surface area contributed by atoms with Gasteiger partial charge in [-0.25, -0.2) is 0 Å². The van der Waals surface area contributed by atoms with Crippen LogP contribution in [0.2, 0.25) is 0 Å². The molecular weight excluding hydrogens is 343 g/mol. The van der Waals surface area contributed by atoms with Gasteiger partial charge in [-0.3, -0.25) is 4.79 Å². The van der Waals surface area contributed by atoms with Crippen molar-refractivity contribution in [3.8, 4) is 0 Å². The maximum absolute atomic E-state index is 13.5. The maximum atomic E-state index is 13.5. The molecule has 0 atom stereocenters. The summed E-state index contributed by atoms with van der Waals surface area (Å²) in [7, 11) is 0. The molecular formula is C12H5ClF7NO. The van der Waals surface area contributed by atoms with Crippen molar-refractivity contribution in [3.63, 3.8) is 0 Å². The number of anilines is 1. The van der Waals surface area contributed by atoms with Crippen LogP contribution in [0.3, 0.4) is 0 Å². The maximum Gasteiger partial charge on any atom is 0.416 e. The van der Waals surface area contributed by atoms with Gasteiger partial charge in [-0.05, 0) is 18.2 Å². The highest BCUT2D eigenvalue weighted by molar-refractivity contribution is 6.45. The third-order valence-electron chi connectivity index (χ3n) is 2.87. The van der Waals surface area contributed by atoms with E-state index in [4.69, 9.17) is 11.6 Å². The highest BCUT2D eigenvalue weighted by Gasteiger charge is 2.70. The number of allylic oxidation sites excluding steroid dienone is 2. The van der Waals surface area contributed by atoms with Crippen LogP contribution in [0.15, 0.2) is 35.0 Å². The summed E-state index contributed by atoms with van der Waals surface area (Å²) in [6.45, 7) is 0. The normalized spacial score (nSPS) is 20.5. The first-order chi connectivity index (χ1) is 9.89. The zero-order chi connectivity index (χ0) is 16.9. The monoisotopic (exact) mass is 347 g/mol. The van der Waals surface area contributed by atoms with Crippen LogP contribution < -0.4 is 5.32 Å². The van der Waals surface area contributed by atoms with Crippen LogP contribution in [0.1, 0.15) is 5.56 Å². The van der Waals surface area contributed by atoms with Crippen LogP contribution in [-0.4, -0.2) is 17.6 Å². The SMILES string of the molecule is O=C1C(Cl)=C(Nc2cccc(C(F)(F)F)c2)C(F)(F)C1(F)F. The summed E-state index contributed by atoms with van der Waals surface area (Å²) in [6.07, 6.45) is -4.76. The number of hydrogen-bond donors (Lipinski definition) is 1. The first-order valence-electron chi connectivity index (χ1n) is 5.54. The number of Topliss-reactive ketones (excluding diaryl/α,β-unsaturated/α-hetero) is 1. The van der Waals surface area contributed by atoms with E-state index in [9.17, 15) is 35.5 Å². The lowest BCUT2D eigenvalue weighted by atomic mass is 10.1. The summed E-state index contributed by atoms with van der Waals surface area (Å²) in [4.78, 5) is 11.0. The van der Waals surface area contributed by atoms with E-state index in [1.165, 1.54) is 0 Å². The molecule has 0 bridgehead atoms. The Morgan fingerprint density at radius 1 is 1.05 bits per heavy atom. The molecule has 0 saturated heterocycles. The van der Waals surface area contributed by atoms with Crippen molar-refractivity contribution in [2.45, 2.75) is 18.0 Å². The van der Waals surface area contributed by atoms with Gasteiger partial charge < -0.3 is 5.32 Å². The van der Waals surface area contributed by atoms with Gasteiger partial charge in [0.15, 0.2) is 0 Å². The standard InChI is InChI=1S/C12H5ClF7NO/c13-7-8(10(14,15)11(16,17)9(7)22)21-6-3-1-2-5(4-6)12(18,19)20/h1-4,21H. The first kappa shape index (κ1) is 16.6. The zero-order valence-corrected chi connectivity index (χ0v) is 11.0. The van der Waals surface area contributed by atoms with Crippen molar-refractivity contribution in [1.82, 2.24) is 0 Å². The Labute approximate surface area is 123 Å². The molecule has 2 rings (SSSR count). The zero-order valence-electron chi connectivity index (χ0n) is 10.2. The summed E-state index contributed by atoms with van der Waals surface area (Å²) in [6, 6.07) is 2.90. The molecule has 0 spiro atoms. The van der Waals surface area contributed by atoms with Crippen molar-refractivity contribution in [3.05, 3.63) is 40.6 Å². The van der Waals surface area contributed by atoms with Crippen molar-refractivity contribution < 1.29 is 35.5 Å². The quantitative estimate of drug-likeness (QED) is 0.802. The second-order valence-electron chi connectivity index (χ2n) is 4.37. The molecule has 0 fully saturated rings. The van der Waals surface area contributed by atoms with E-state index in [0.29, 0.717) is 12.1 Å². The summed E-state index contributed by atoms with van der Waals surface area (Å²) < 4.78 is 90.8. The number of carbonyl (C=O) groups excluding carboxylic acids is 1. The number of halogens is 8. The Morgan fingerprint density at radius 2 is 1.64 bits per heavy atom. The number of carbonyl (C=O) groups is 1. The van der Waals surface area contributed by atoms with Crippen LogP contribution in [0.4, 0.5) is 36.4 Å². The van der Waals surface area contributed by atoms with Gasteiger partial charge in [-0.2, -0.15) is 30.7 Å². The topological polar surface area (TPSA) is 29.1 Å². The molecule has 0 amide bonds. The Morgan fingerprint density at radius 3 is 2.09 bits per heavy atom. The molecule has 1 aromatic carbocycles. The lowest BCUT2D eigenvalue weighted by Crippen LogP contribution is -2.43. The number of rotatable bonds is 2. The fourth-order valence-electron chi connectivity index (χ4n) is 1.74. The van der Waals surface area contributed by atoms with Crippen molar-refractivity contribution in [2.24, 2.45) is 0 Å². The number of hydrogen-bond acceptors (Lipinski definition) is 2.